The van der Waals surface area contributed by atoms with Crippen LogP contribution >= 0.6 is 11.3 Å². The fraction of sp³-hybridized carbons (Fsp3) is 0.316. The minimum atomic E-state index is -1.30. The monoisotopic (exact) mass is 388 g/mol. The largest absolute Gasteiger partial charge is 0.465 e. The maximum absolute atomic E-state index is 13.1. The zero-order chi connectivity index (χ0) is 19.0. The number of thiophene rings is 1. The summed E-state index contributed by atoms with van der Waals surface area (Å²) in [5.74, 6) is -3.05. The molecular formula is C19H16O7S. The van der Waals surface area contributed by atoms with Gasteiger partial charge in [0.2, 0.25) is 6.79 Å². The number of esters is 2. The maximum Gasteiger partial charge on any atom is 0.321 e. The fourth-order valence-corrected chi connectivity index (χ4v) is 4.02. The molecule has 0 radical (unpaired) electrons. The Bertz CT molecular complexity index is 889. The topological polar surface area (TPSA) is 88.1 Å². The van der Waals surface area contributed by atoms with E-state index in [1.54, 1.807) is 42.6 Å². The summed E-state index contributed by atoms with van der Waals surface area (Å²) in [7, 11) is 0. The van der Waals surface area contributed by atoms with Crippen LogP contribution in [0.5, 0.6) is 11.5 Å². The van der Waals surface area contributed by atoms with Crippen LogP contribution in [0.3, 0.4) is 0 Å². The molecule has 2 aliphatic rings. The number of rotatable bonds is 5. The zero-order valence-corrected chi connectivity index (χ0v) is 15.2. The van der Waals surface area contributed by atoms with Crippen LogP contribution in [0.2, 0.25) is 0 Å². The highest BCUT2D eigenvalue weighted by Crippen LogP contribution is 2.45. The number of fused-ring (bicyclic) bond motifs is 1. The fourth-order valence-electron chi connectivity index (χ4n) is 3.31. The molecule has 2 aliphatic heterocycles. The number of ether oxygens (including phenoxy) is 4. The van der Waals surface area contributed by atoms with E-state index < -0.39 is 29.9 Å². The average molecular weight is 388 g/mol. The Hall–Kier alpha value is -2.87. The Kier molecular flexibility index (Phi) is 4.57. The van der Waals surface area contributed by atoms with Gasteiger partial charge in [0.25, 0.3) is 0 Å². The van der Waals surface area contributed by atoms with Crippen LogP contribution < -0.4 is 9.47 Å². The second-order valence-electron chi connectivity index (χ2n) is 6.07. The molecule has 0 saturated carbocycles. The molecule has 0 aliphatic carbocycles. The summed E-state index contributed by atoms with van der Waals surface area (Å²) in [6, 6.07) is 8.46. The standard InChI is InChI=1S/C19H16O7S/c1-2-23-18(21)15-14(16(20)13-4-3-7-27-13)17(26-19(15)22)10-5-6-11-12(8-10)25-9-24-11/h3-8,14-15,17H,2,9H2,1H3/t14-,15-,17+/m1/s1. The predicted octanol–water partition coefficient (Wildman–Crippen LogP) is 2.75. The van der Waals surface area contributed by atoms with Gasteiger partial charge in [0.15, 0.2) is 23.2 Å². The van der Waals surface area contributed by atoms with Crippen molar-refractivity contribution in [3.8, 4) is 11.5 Å². The summed E-state index contributed by atoms with van der Waals surface area (Å²) in [5.41, 5.74) is 0.564. The van der Waals surface area contributed by atoms with Gasteiger partial charge >= 0.3 is 11.9 Å². The summed E-state index contributed by atoms with van der Waals surface area (Å²) in [6.45, 7) is 1.85. The van der Waals surface area contributed by atoms with Gasteiger partial charge in [-0.1, -0.05) is 12.1 Å². The average Bonchev–Trinajstić information content (AvgIpc) is 3.40. The van der Waals surface area contributed by atoms with E-state index in [-0.39, 0.29) is 19.2 Å². The number of ketones is 1. The molecule has 1 aromatic heterocycles. The Morgan fingerprint density at radius 3 is 2.78 bits per heavy atom. The van der Waals surface area contributed by atoms with Crippen LogP contribution in [0, 0.1) is 11.8 Å². The van der Waals surface area contributed by atoms with Crippen molar-refractivity contribution < 1.29 is 33.3 Å². The van der Waals surface area contributed by atoms with Crippen LogP contribution in [0.4, 0.5) is 0 Å². The van der Waals surface area contributed by atoms with Crippen molar-refractivity contribution in [2.45, 2.75) is 13.0 Å². The van der Waals surface area contributed by atoms with Gasteiger partial charge in [-0.15, -0.1) is 11.3 Å². The Morgan fingerprint density at radius 2 is 2.04 bits per heavy atom. The molecule has 0 amide bonds. The number of carbonyl (C=O) groups excluding carboxylic acids is 3. The summed E-state index contributed by atoms with van der Waals surface area (Å²) < 4.78 is 21.1. The van der Waals surface area contributed by atoms with Gasteiger partial charge in [0.1, 0.15) is 6.10 Å². The highest BCUT2D eigenvalue weighted by atomic mass is 32.1. The van der Waals surface area contributed by atoms with E-state index >= 15 is 0 Å². The lowest BCUT2D eigenvalue weighted by Gasteiger charge is -2.19. The van der Waals surface area contributed by atoms with Crippen molar-refractivity contribution in [3.05, 3.63) is 46.2 Å². The lowest BCUT2D eigenvalue weighted by atomic mass is 9.83. The molecule has 27 heavy (non-hydrogen) atoms. The smallest absolute Gasteiger partial charge is 0.321 e. The molecule has 0 spiro atoms. The molecule has 1 fully saturated rings. The van der Waals surface area contributed by atoms with E-state index in [2.05, 4.69) is 0 Å². The first-order valence-electron chi connectivity index (χ1n) is 8.44. The molecule has 1 saturated heterocycles. The highest BCUT2D eigenvalue weighted by Gasteiger charge is 2.54. The number of cyclic esters (lactones) is 1. The highest BCUT2D eigenvalue weighted by molar-refractivity contribution is 7.12. The van der Waals surface area contributed by atoms with Crippen LogP contribution in [-0.4, -0.2) is 31.1 Å². The van der Waals surface area contributed by atoms with Crippen molar-refractivity contribution in [3.63, 3.8) is 0 Å². The third-order valence-corrected chi connectivity index (χ3v) is 5.40. The van der Waals surface area contributed by atoms with Gasteiger partial charge in [-0.3, -0.25) is 14.4 Å². The molecule has 3 heterocycles. The molecule has 1 aromatic carbocycles. The quantitative estimate of drug-likeness (QED) is 0.442. The third-order valence-electron chi connectivity index (χ3n) is 4.51. The SMILES string of the molecule is CCOC(=O)[C@@H]1C(=O)O[C@@H](c2ccc3c(c2)OCO3)[C@H]1C(=O)c1cccs1. The second kappa shape index (κ2) is 7.03. The molecule has 8 heteroatoms. The van der Waals surface area contributed by atoms with Gasteiger partial charge in [0.05, 0.1) is 17.4 Å². The third kappa shape index (κ3) is 3.06. The van der Waals surface area contributed by atoms with E-state index in [0.717, 1.165) is 0 Å². The van der Waals surface area contributed by atoms with E-state index in [0.29, 0.717) is 21.9 Å². The molecule has 0 unspecified atom stereocenters. The number of hydrogen-bond donors (Lipinski definition) is 0. The summed E-state index contributed by atoms with van der Waals surface area (Å²) in [6.07, 6.45) is -0.906. The van der Waals surface area contributed by atoms with E-state index in [9.17, 15) is 14.4 Å². The van der Waals surface area contributed by atoms with Crippen molar-refractivity contribution in [2.24, 2.45) is 11.8 Å². The van der Waals surface area contributed by atoms with Crippen LogP contribution in [0.1, 0.15) is 28.3 Å². The normalized spacial score (nSPS) is 23.1. The lowest BCUT2D eigenvalue weighted by molar-refractivity contribution is -0.156. The number of benzene rings is 1. The predicted molar refractivity (Wildman–Crippen MR) is 93.7 cm³/mol. The molecule has 0 N–H and O–H groups in total. The molecule has 0 bridgehead atoms. The first-order chi connectivity index (χ1) is 13.1. The van der Waals surface area contributed by atoms with E-state index in [1.165, 1.54) is 11.3 Å². The first kappa shape index (κ1) is 17.5. The maximum atomic E-state index is 13.1. The molecule has 4 rings (SSSR count). The van der Waals surface area contributed by atoms with Crippen molar-refractivity contribution >= 4 is 29.1 Å². The molecule has 7 nitrogen and oxygen atoms in total. The van der Waals surface area contributed by atoms with Gasteiger partial charge in [0, 0.05) is 0 Å². The second-order valence-corrected chi connectivity index (χ2v) is 7.01. The van der Waals surface area contributed by atoms with Gasteiger partial charge in [-0.05, 0) is 36.1 Å². The molecular weight excluding hydrogens is 372 g/mol. The number of Topliss-reactive ketones (excluding diaryl/α,β-unsaturated/α-hetero) is 1. The van der Waals surface area contributed by atoms with Gasteiger partial charge in [-0.25, -0.2) is 0 Å². The number of carbonyl (C=O) groups is 3. The van der Waals surface area contributed by atoms with Gasteiger partial charge < -0.3 is 18.9 Å². The minimum Gasteiger partial charge on any atom is -0.465 e. The van der Waals surface area contributed by atoms with Gasteiger partial charge in [-0.2, -0.15) is 0 Å². The minimum absolute atomic E-state index is 0.103. The van der Waals surface area contributed by atoms with Crippen molar-refractivity contribution in [2.75, 3.05) is 13.4 Å². The Labute approximate surface area is 158 Å². The molecule has 2 aromatic rings. The van der Waals surface area contributed by atoms with Crippen LogP contribution in [0.15, 0.2) is 35.7 Å². The molecule has 3 atom stereocenters. The van der Waals surface area contributed by atoms with Crippen LogP contribution in [-0.2, 0) is 19.1 Å². The summed E-state index contributed by atoms with van der Waals surface area (Å²) in [4.78, 5) is 38.4. The summed E-state index contributed by atoms with van der Waals surface area (Å²) in [5, 5.41) is 1.76. The van der Waals surface area contributed by atoms with E-state index in [4.69, 9.17) is 18.9 Å². The number of hydrogen-bond acceptors (Lipinski definition) is 8. The van der Waals surface area contributed by atoms with Crippen LogP contribution in [0.25, 0.3) is 0 Å². The van der Waals surface area contributed by atoms with Crippen molar-refractivity contribution in [1.82, 2.24) is 0 Å². The zero-order valence-electron chi connectivity index (χ0n) is 14.4. The summed E-state index contributed by atoms with van der Waals surface area (Å²) >= 11 is 1.25. The van der Waals surface area contributed by atoms with Crippen molar-refractivity contribution in [1.29, 1.82) is 0 Å². The Morgan fingerprint density at radius 1 is 1.22 bits per heavy atom. The lowest BCUT2D eigenvalue weighted by Crippen LogP contribution is -2.33. The molecule has 140 valence electrons. The van der Waals surface area contributed by atoms with E-state index in [1.807, 2.05) is 0 Å². The first-order valence-corrected chi connectivity index (χ1v) is 9.32. The Balaban J connectivity index is 1.74.